The molecule has 0 bridgehead atoms. The van der Waals surface area contributed by atoms with Crippen LogP contribution >= 0.6 is 0 Å². The summed E-state index contributed by atoms with van der Waals surface area (Å²) in [4.78, 5) is 14.5. The van der Waals surface area contributed by atoms with Gasteiger partial charge in [0.1, 0.15) is 5.76 Å². The summed E-state index contributed by atoms with van der Waals surface area (Å²) in [5.41, 5.74) is 0. The fraction of sp³-hybridized carbons (Fsp3) is 0.500. The standard InChI is InChI=1S/C8H9NO3/c10-8(11)6-3-5-1-2-9-4-7(5)12-6/h2,4-6H,1,3H2,(H,10,11). The van der Waals surface area contributed by atoms with E-state index in [-0.39, 0.29) is 5.92 Å². The summed E-state index contributed by atoms with van der Waals surface area (Å²) in [7, 11) is 0. The minimum absolute atomic E-state index is 0.239. The lowest BCUT2D eigenvalue weighted by molar-refractivity contribution is -0.146. The van der Waals surface area contributed by atoms with Crippen LogP contribution in [0.4, 0.5) is 0 Å². The van der Waals surface area contributed by atoms with Crippen LogP contribution in [0.25, 0.3) is 0 Å². The third-order valence-corrected chi connectivity index (χ3v) is 2.15. The van der Waals surface area contributed by atoms with Crippen LogP contribution in [0.3, 0.4) is 0 Å². The lowest BCUT2D eigenvalue weighted by Gasteiger charge is -2.08. The lowest BCUT2D eigenvalue weighted by atomic mass is 9.99. The Labute approximate surface area is 69.6 Å². The number of allylic oxidation sites excluding steroid dienone is 1. The molecule has 0 aromatic rings. The van der Waals surface area contributed by atoms with E-state index in [1.54, 1.807) is 12.4 Å². The number of rotatable bonds is 1. The van der Waals surface area contributed by atoms with E-state index >= 15 is 0 Å². The average Bonchev–Trinajstić information content (AvgIpc) is 2.46. The molecule has 2 atom stereocenters. The Balaban J connectivity index is 2.12. The summed E-state index contributed by atoms with van der Waals surface area (Å²) in [6, 6.07) is 0. The molecular weight excluding hydrogens is 158 g/mol. The van der Waals surface area contributed by atoms with Crippen molar-refractivity contribution in [3.8, 4) is 0 Å². The van der Waals surface area contributed by atoms with Crippen molar-refractivity contribution >= 4 is 12.2 Å². The predicted molar refractivity (Wildman–Crippen MR) is 41.8 cm³/mol. The first-order chi connectivity index (χ1) is 5.77. The minimum atomic E-state index is -0.884. The second-order valence-corrected chi connectivity index (χ2v) is 2.98. The Hall–Kier alpha value is -1.32. The smallest absolute Gasteiger partial charge is 0.344 e. The molecule has 2 heterocycles. The van der Waals surface area contributed by atoms with Gasteiger partial charge in [-0.3, -0.25) is 4.99 Å². The highest BCUT2D eigenvalue weighted by molar-refractivity contribution is 5.73. The molecule has 2 aliphatic heterocycles. The van der Waals surface area contributed by atoms with Crippen molar-refractivity contribution in [2.24, 2.45) is 10.9 Å². The Morgan fingerprint density at radius 3 is 3.25 bits per heavy atom. The first kappa shape index (κ1) is 7.34. The number of carbonyl (C=O) groups is 1. The van der Waals surface area contributed by atoms with Gasteiger partial charge in [0.2, 0.25) is 0 Å². The number of fused-ring (bicyclic) bond motifs is 1. The third kappa shape index (κ3) is 1.09. The molecule has 0 aliphatic carbocycles. The molecule has 0 spiro atoms. The average molecular weight is 167 g/mol. The normalized spacial score (nSPS) is 32.2. The summed E-state index contributed by atoms with van der Waals surface area (Å²) in [5, 5.41) is 8.67. The van der Waals surface area contributed by atoms with E-state index in [2.05, 4.69) is 4.99 Å². The summed E-state index contributed by atoms with van der Waals surface area (Å²) in [6.45, 7) is 0. The molecule has 0 aromatic carbocycles. The minimum Gasteiger partial charge on any atom is -0.481 e. The molecule has 4 nitrogen and oxygen atoms in total. The van der Waals surface area contributed by atoms with Crippen LogP contribution in [0, 0.1) is 5.92 Å². The molecule has 0 saturated carbocycles. The molecule has 0 aromatic heterocycles. The number of ether oxygens (including phenoxy) is 1. The Kier molecular flexibility index (Phi) is 1.60. The maximum absolute atomic E-state index is 10.6. The molecule has 2 unspecified atom stereocenters. The number of aliphatic imine (C=N–C) groups is 1. The maximum Gasteiger partial charge on any atom is 0.344 e. The quantitative estimate of drug-likeness (QED) is 0.628. The van der Waals surface area contributed by atoms with Gasteiger partial charge in [-0.05, 0) is 6.42 Å². The van der Waals surface area contributed by atoms with E-state index in [0.29, 0.717) is 6.42 Å². The molecule has 0 radical (unpaired) electrons. The molecule has 1 N–H and O–H groups in total. The highest BCUT2D eigenvalue weighted by Gasteiger charge is 2.35. The Morgan fingerprint density at radius 2 is 2.58 bits per heavy atom. The summed E-state index contributed by atoms with van der Waals surface area (Å²) >= 11 is 0. The Bertz CT molecular complexity index is 269. The zero-order chi connectivity index (χ0) is 8.55. The van der Waals surface area contributed by atoms with Crippen molar-refractivity contribution in [2.75, 3.05) is 0 Å². The first-order valence-corrected chi connectivity index (χ1v) is 3.88. The maximum atomic E-state index is 10.6. The van der Waals surface area contributed by atoms with Crippen LogP contribution in [0.15, 0.2) is 17.0 Å². The number of carboxylic acid groups (broad SMARTS) is 1. The number of nitrogens with zero attached hydrogens (tertiary/aromatic N) is 1. The molecule has 0 amide bonds. The van der Waals surface area contributed by atoms with Crippen LogP contribution in [0.1, 0.15) is 12.8 Å². The zero-order valence-electron chi connectivity index (χ0n) is 6.43. The van der Waals surface area contributed by atoms with Gasteiger partial charge >= 0.3 is 5.97 Å². The number of hydrogen-bond acceptors (Lipinski definition) is 3. The van der Waals surface area contributed by atoms with Gasteiger partial charge in [-0.15, -0.1) is 0 Å². The summed E-state index contributed by atoms with van der Waals surface area (Å²) < 4.78 is 5.17. The molecule has 12 heavy (non-hydrogen) atoms. The SMILES string of the molecule is O=C(O)C1CC2CC=NC=C2O1. The largest absolute Gasteiger partial charge is 0.481 e. The molecule has 1 saturated heterocycles. The number of hydrogen-bond donors (Lipinski definition) is 1. The molecule has 64 valence electrons. The first-order valence-electron chi connectivity index (χ1n) is 3.88. The summed E-state index contributed by atoms with van der Waals surface area (Å²) in [5.74, 6) is 0.0822. The highest BCUT2D eigenvalue weighted by Crippen LogP contribution is 2.33. The fourth-order valence-corrected chi connectivity index (χ4v) is 1.50. The zero-order valence-corrected chi connectivity index (χ0v) is 6.43. The fourth-order valence-electron chi connectivity index (χ4n) is 1.50. The topological polar surface area (TPSA) is 58.9 Å². The van der Waals surface area contributed by atoms with E-state index in [1.807, 2.05) is 0 Å². The van der Waals surface area contributed by atoms with Crippen LogP contribution in [0.2, 0.25) is 0 Å². The van der Waals surface area contributed by atoms with Gasteiger partial charge in [-0.1, -0.05) is 0 Å². The second kappa shape index (κ2) is 2.62. The van der Waals surface area contributed by atoms with E-state index in [9.17, 15) is 4.79 Å². The van der Waals surface area contributed by atoms with Gasteiger partial charge in [0.25, 0.3) is 0 Å². The molecule has 2 rings (SSSR count). The molecule has 2 aliphatic rings. The molecule has 1 fully saturated rings. The summed E-state index contributed by atoms with van der Waals surface area (Å²) in [6.07, 6.45) is 4.12. The van der Waals surface area contributed by atoms with Crippen LogP contribution in [0.5, 0.6) is 0 Å². The van der Waals surface area contributed by atoms with Crippen LogP contribution in [-0.2, 0) is 9.53 Å². The van der Waals surface area contributed by atoms with E-state index in [0.717, 1.165) is 12.2 Å². The van der Waals surface area contributed by atoms with Gasteiger partial charge < -0.3 is 9.84 Å². The monoisotopic (exact) mass is 167 g/mol. The second-order valence-electron chi connectivity index (χ2n) is 2.98. The highest BCUT2D eigenvalue weighted by atomic mass is 16.5. The van der Waals surface area contributed by atoms with Gasteiger partial charge in [0.05, 0.1) is 6.20 Å². The van der Waals surface area contributed by atoms with Crippen molar-refractivity contribution in [1.82, 2.24) is 0 Å². The van der Waals surface area contributed by atoms with Gasteiger partial charge in [0, 0.05) is 18.6 Å². The van der Waals surface area contributed by atoms with Crippen molar-refractivity contribution in [2.45, 2.75) is 18.9 Å². The Morgan fingerprint density at radius 1 is 1.75 bits per heavy atom. The van der Waals surface area contributed by atoms with Crippen molar-refractivity contribution in [1.29, 1.82) is 0 Å². The molecule has 4 heteroatoms. The van der Waals surface area contributed by atoms with E-state index < -0.39 is 12.1 Å². The van der Waals surface area contributed by atoms with Crippen LogP contribution in [-0.4, -0.2) is 23.4 Å². The van der Waals surface area contributed by atoms with Gasteiger partial charge in [-0.25, -0.2) is 4.79 Å². The van der Waals surface area contributed by atoms with E-state index in [1.165, 1.54) is 0 Å². The van der Waals surface area contributed by atoms with Crippen molar-refractivity contribution in [3.05, 3.63) is 12.0 Å². The van der Waals surface area contributed by atoms with Crippen molar-refractivity contribution < 1.29 is 14.6 Å². The number of carboxylic acids is 1. The number of aliphatic carboxylic acids is 1. The predicted octanol–water partition coefficient (Wildman–Crippen LogP) is 0.792. The van der Waals surface area contributed by atoms with Crippen molar-refractivity contribution in [3.63, 3.8) is 0 Å². The molecular formula is C8H9NO3. The van der Waals surface area contributed by atoms with Crippen LogP contribution < -0.4 is 0 Å². The lowest BCUT2D eigenvalue weighted by Crippen LogP contribution is -2.17. The van der Waals surface area contributed by atoms with Gasteiger partial charge in [0.15, 0.2) is 6.10 Å². The van der Waals surface area contributed by atoms with Gasteiger partial charge in [-0.2, -0.15) is 0 Å². The van der Waals surface area contributed by atoms with E-state index in [4.69, 9.17) is 9.84 Å². The third-order valence-electron chi connectivity index (χ3n) is 2.15.